The largest absolute Gasteiger partial charge is 0.492 e. The van der Waals surface area contributed by atoms with Crippen LogP contribution >= 0.6 is 11.6 Å². The number of carbonyl (C=O) groups excluding carboxylic acids is 1. The second-order valence-corrected chi connectivity index (χ2v) is 10.8. The molecule has 4 aromatic rings. The standard InChI is InChI=1S/C29H27ClN2O5S/c1-38(34,35)32(25-13-17-28(18-14-25)37-27-5-3-2-4-6-27)21-22-7-9-23(10-8-22)29(33)31-19-20-36-26-15-11-24(30)12-16-26/h2-18H,19-21H2,1H3,(H,31,33). The van der Waals surface area contributed by atoms with E-state index < -0.39 is 10.0 Å². The maximum atomic E-state index is 12.6. The molecular formula is C29H27ClN2O5S. The van der Waals surface area contributed by atoms with Gasteiger partial charge in [0, 0.05) is 10.6 Å². The average Bonchev–Trinajstić information content (AvgIpc) is 2.91. The number of halogens is 1. The number of anilines is 1. The number of amides is 1. The van der Waals surface area contributed by atoms with Gasteiger partial charge in [-0.25, -0.2) is 8.42 Å². The van der Waals surface area contributed by atoms with Crippen molar-refractivity contribution in [2.75, 3.05) is 23.7 Å². The second-order valence-electron chi connectivity index (χ2n) is 8.43. The van der Waals surface area contributed by atoms with Crippen LogP contribution in [0.15, 0.2) is 103 Å². The van der Waals surface area contributed by atoms with Crippen molar-refractivity contribution in [3.05, 3.63) is 119 Å². The molecule has 0 fully saturated rings. The van der Waals surface area contributed by atoms with Crippen LogP contribution in [0.3, 0.4) is 0 Å². The van der Waals surface area contributed by atoms with Crippen LogP contribution in [-0.4, -0.2) is 33.7 Å². The molecule has 0 saturated carbocycles. The summed E-state index contributed by atoms with van der Waals surface area (Å²) in [6, 6.07) is 30.0. The van der Waals surface area contributed by atoms with E-state index in [1.54, 1.807) is 72.8 Å². The molecule has 38 heavy (non-hydrogen) atoms. The van der Waals surface area contributed by atoms with Crippen molar-refractivity contribution in [1.29, 1.82) is 0 Å². The van der Waals surface area contributed by atoms with E-state index in [0.717, 1.165) is 11.8 Å². The van der Waals surface area contributed by atoms with Crippen LogP contribution < -0.4 is 19.1 Å². The smallest absolute Gasteiger partial charge is 0.251 e. The first-order valence-electron chi connectivity index (χ1n) is 11.8. The topological polar surface area (TPSA) is 84.9 Å². The molecule has 0 bridgehead atoms. The van der Waals surface area contributed by atoms with E-state index in [4.69, 9.17) is 21.1 Å². The normalized spacial score (nSPS) is 11.0. The summed E-state index contributed by atoms with van der Waals surface area (Å²) >= 11 is 5.86. The van der Waals surface area contributed by atoms with Gasteiger partial charge in [0.1, 0.15) is 23.9 Å². The van der Waals surface area contributed by atoms with Gasteiger partial charge in [-0.2, -0.15) is 0 Å². The number of nitrogens with one attached hydrogen (secondary N) is 1. The average molecular weight is 551 g/mol. The van der Waals surface area contributed by atoms with Gasteiger partial charge < -0.3 is 14.8 Å². The molecule has 0 saturated heterocycles. The quantitative estimate of drug-likeness (QED) is 0.235. The van der Waals surface area contributed by atoms with Gasteiger partial charge in [0.2, 0.25) is 10.0 Å². The molecule has 0 aromatic heterocycles. The van der Waals surface area contributed by atoms with E-state index in [9.17, 15) is 13.2 Å². The summed E-state index contributed by atoms with van der Waals surface area (Å²) in [4.78, 5) is 12.5. The molecular weight excluding hydrogens is 524 g/mol. The highest BCUT2D eigenvalue weighted by atomic mass is 35.5. The number of ether oxygens (including phenoxy) is 2. The van der Waals surface area contributed by atoms with E-state index in [1.807, 2.05) is 30.3 Å². The molecule has 196 valence electrons. The predicted molar refractivity (Wildman–Crippen MR) is 150 cm³/mol. The third kappa shape index (κ3) is 7.74. The number of carbonyl (C=O) groups is 1. The van der Waals surface area contributed by atoms with E-state index in [2.05, 4.69) is 5.32 Å². The summed E-state index contributed by atoms with van der Waals surface area (Å²) in [7, 11) is -3.56. The molecule has 1 amide bonds. The van der Waals surface area contributed by atoms with Crippen LogP contribution in [-0.2, 0) is 16.6 Å². The Hall–Kier alpha value is -4.01. The molecule has 4 aromatic carbocycles. The molecule has 0 aliphatic heterocycles. The minimum atomic E-state index is -3.56. The lowest BCUT2D eigenvalue weighted by molar-refractivity contribution is 0.0947. The zero-order valence-electron chi connectivity index (χ0n) is 20.7. The zero-order chi connectivity index (χ0) is 27.0. The first-order valence-corrected chi connectivity index (χ1v) is 14.1. The summed E-state index contributed by atoms with van der Waals surface area (Å²) < 4.78 is 37.8. The summed E-state index contributed by atoms with van der Waals surface area (Å²) in [6.45, 7) is 0.757. The highest BCUT2D eigenvalue weighted by Crippen LogP contribution is 2.26. The van der Waals surface area contributed by atoms with Gasteiger partial charge >= 0.3 is 0 Å². The van der Waals surface area contributed by atoms with Gasteiger partial charge in [0.25, 0.3) is 5.91 Å². The Bertz CT molecular complexity index is 1440. The number of hydrogen-bond donors (Lipinski definition) is 1. The Balaban J connectivity index is 1.34. The van der Waals surface area contributed by atoms with E-state index in [-0.39, 0.29) is 12.5 Å². The number of para-hydroxylation sites is 1. The minimum absolute atomic E-state index is 0.120. The Labute approximate surface area is 227 Å². The molecule has 0 aliphatic carbocycles. The van der Waals surface area contributed by atoms with Crippen molar-refractivity contribution in [2.45, 2.75) is 6.54 Å². The van der Waals surface area contributed by atoms with Gasteiger partial charge in [-0.15, -0.1) is 0 Å². The van der Waals surface area contributed by atoms with Crippen LogP contribution in [0, 0.1) is 0 Å². The number of rotatable bonds is 11. The molecule has 0 unspecified atom stereocenters. The van der Waals surface area contributed by atoms with Gasteiger partial charge in [0.15, 0.2) is 0 Å². The molecule has 0 radical (unpaired) electrons. The fourth-order valence-corrected chi connectivity index (χ4v) is 4.61. The Kier molecular flexibility index (Phi) is 8.89. The predicted octanol–water partition coefficient (Wildman–Crippen LogP) is 5.91. The molecule has 0 heterocycles. The summed E-state index contributed by atoms with van der Waals surface area (Å²) in [5.41, 5.74) is 1.71. The van der Waals surface area contributed by atoms with Crippen molar-refractivity contribution in [1.82, 2.24) is 5.32 Å². The maximum absolute atomic E-state index is 12.6. The number of benzene rings is 4. The highest BCUT2D eigenvalue weighted by Gasteiger charge is 2.18. The van der Waals surface area contributed by atoms with E-state index >= 15 is 0 Å². The van der Waals surface area contributed by atoms with Gasteiger partial charge in [-0.05, 0) is 78.4 Å². The molecule has 0 atom stereocenters. The third-order valence-electron chi connectivity index (χ3n) is 5.52. The maximum Gasteiger partial charge on any atom is 0.251 e. The SMILES string of the molecule is CS(=O)(=O)N(Cc1ccc(C(=O)NCCOc2ccc(Cl)cc2)cc1)c1ccc(Oc2ccccc2)cc1. The summed E-state index contributed by atoms with van der Waals surface area (Å²) in [5, 5.41) is 3.43. The molecule has 4 rings (SSSR count). The minimum Gasteiger partial charge on any atom is -0.492 e. The van der Waals surface area contributed by atoms with Gasteiger partial charge in [-0.1, -0.05) is 41.9 Å². The van der Waals surface area contributed by atoms with Crippen molar-refractivity contribution in [2.24, 2.45) is 0 Å². The lowest BCUT2D eigenvalue weighted by atomic mass is 10.1. The number of hydrogen-bond acceptors (Lipinski definition) is 5. The molecule has 7 nitrogen and oxygen atoms in total. The molecule has 0 spiro atoms. The van der Waals surface area contributed by atoms with Crippen LogP contribution in [0.1, 0.15) is 15.9 Å². The lowest BCUT2D eigenvalue weighted by Crippen LogP contribution is -2.29. The fourth-order valence-electron chi connectivity index (χ4n) is 3.60. The lowest BCUT2D eigenvalue weighted by Gasteiger charge is -2.23. The van der Waals surface area contributed by atoms with Crippen molar-refractivity contribution < 1.29 is 22.7 Å². The summed E-state index contributed by atoms with van der Waals surface area (Å²) in [5.74, 6) is 1.72. The van der Waals surface area contributed by atoms with Crippen LogP contribution in [0.5, 0.6) is 17.2 Å². The van der Waals surface area contributed by atoms with Crippen molar-refractivity contribution >= 4 is 33.2 Å². The number of nitrogens with zero attached hydrogens (tertiary/aromatic N) is 1. The third-order valence-corrected chi connectivity index (χ3v) is 6.91. The Morgan fingerprint density at radius 3 is 2.05 bits per heavy atom. The summed E-state index contributed by atoms with van der Waals surface area (Å²) in [6.07, 6.45) is 1.16. The first kappa shape index (κ1) is 27.0. The zero-order valence-corrected chi connectivity index (χ0v) is 22.3. The van der Waals surface area contributed by atoms with Crippen molar-refractivity contribution in [3.8, 4) is 17.2 Å². The highest BCUT2D eigenvalue weighted by molar-refractivity contribution is 7.92. The molecule has 9 heteroatoms. The van der Waals surface area contributed by atoms with Gasteiger partial charge in [0.05, 0.1) is 25.0 Å². The second kappa shape index (κ2) is 12.5. The Morgan fingerprint density at radius 2 is 1.42 bits per heavy atom. The van der Waals surface area contributed by atoms with E-state index in [0.29, 0.717) is 46.7 Å². The molecule has 0 aliphatic rings. The number of sulfonamides is 1. The van der Waals surface area contributed by atoms with Crippen molar-refractivity contribution in [3.63, 3.8) is 0 Å². The van der Waals surface area contributed by atoms with Crippen LogP contribution in [0.4, 0.5) is 5.69 Å². The van der Waals surface area contributed by atoms with Crippen LogP contribution in [0.25, 0.3) is 0 Å². The molecule has 1 N–H and O–H groups in total. The first-order chi connectivity index (χ1) is 18.3. The monoisotopic (exact) mass is 550 g/mol. The van der Waals surface area contributed by atoms with E-state index in [1.165, 1.54) is 4.31 Å². The van der Waals surface area contributed by atoms with Gasteiger partial charge in [-0.3, -0.25) is 9.10 Å². The Morgan fingerprint density at radius 1 is 0.816 bits per heavy atom. The fraction of sp³-hybridized carbons (Fsp3) is 0.138. The van der Waals surface area contributed by atoms with Crippen LogP contribution in [0.2, 0.25) is 5.02 Å².